The molecule has 64 valence electrons. The molecule has 0 aromatic rings. The van der Waals surface area contributed by atoms with E-state index < -0.39 is 8.24 Å². The Bertz CT molecular complexity index is 60.6. The molecular formula is C6H18ClNOSi. The molecule has 0 saturated carbocycles. The zero-order valence-corrected chi connectivity index (χ0v) is 8.79. The largest absolute Gasteiger partial charge is 0.324 e. The van der Waals surface area contributed by atoms with Gasteiger partial charge in [-0.2, -0.15) is 0 Å². The molecule has 0 aromatic heterocycles. The van der Waals surface area contributed by atoms with E-state index in [9.17, 15) is 0 Å². The highest BCUT2D eigenvalue weighted by Gasteiger charge is 2.25. The predicted molar refractivity (Wildman–Crippen MR) is 49.4 cm³/mol. The Balaban J connectivity index is 0. The molecule has 0 bridgehead atoms. The van der Waals surface area contributed by atoms with Gasteiger partial charge in [0.15, 0.2) is 8.24 Å². The van der Waals surface area contributed by atoms with Gasteiger partial charge < -0.3 is 5.21 Å². The first kappa shape index (κ1) is 13.0. The third-order valence-corrected chi connectivity index (χ3v) is 6.80. The van der Waals surface area contributed by atoms with Crippen molar-refractivity contribution in [3.63, 3.8) is 0 Å². The van der Waals surface area contributed by atoms with Crippen LogP contribution in [0.15, 0.2) is 0 Å². The minimum atomic E-state index is -1.39. The zero-order valence-electron chi connectivity index (χ0n) is 6.98. The number of rotatable bonds is 4. The highest BCUT2D eigenvalue weighted by molar-refractivity contribution is 6.76. The molecule has 0 unspecified atom stereocenters. The van der Waals surface area contributed by atoms with Crippen molar-refractivity contribution in [2.75, 3.05) is 0 Å². The smallest absolute Gasteiger partial charge is 0.155 e. The fraction of sp³-hybridized carbons (Fsp3) is 1.00. The van der Waals surface area contributed by atoms with Gasteiger partial charge in [0.1, 0.15) is 0 Å². The maximum atomic E-state index is 8.79. The average molecular weight is 184 g/mol. The fourth-order valence-corrected chi connectivity index (χ4v) is 2.96. The predicted octanol–water partition coefficient (Wildman–Crippen LogP) is 2.39. The molecule has 0 aliphatic carbocycles. The molecule has 10 heavy (non-hydrogen) atoms. The summed E-state index contributed by atoms with van der Waals surface area (Å²) in [5.74, 6) is 0. The fourth-order valence-electron chi connectivity index (χ4n) is 0.987. The number of hydrogen-bond donors (Lipinski definition) is 2. The van der Waals surface area contributed by atoms with E-state index >= 15 is 0 Å². The minimum absolute atomic E-state index is 0. The first-order valence-electron chi connectivity index (χ1n) is 3.66. The van der Waals surface area contributed by atoms with Crippen molar-refractivity contribution in [3.05, 3.63) is 0 Å². The molecule has 4 heteroatoms. The van der Waals surface area contributed by atoms with Gasteiger partial charge in [0, 0.05) is 0 Å². The number of hydrogen-bond acceptors (Lipinski definition) is 2. The van der Waals surface area contributed by atoms with E-state index in [0.29, 0.717) is 0 Å². The summed E-state index contributed by atoms with van der Waals surface area (Å²) < 4.78 is 0. The molecule has 2 N–H and O–H groups in total. The lowest BCUT2D eigenvalue weighted by molar-refractivity contribution is 0.233. The van der Waals surface area contributed by atoms with Crippen molar-refractivity contribution < 1.29 is 5.21 Å². The van der Waals surface area contributed by atoms with Crippen LogP contribution in [0.4, 0.5) is 0 Å². The number of halogens is 1. The highest BCUT2D eigenvalue weighted by Crippen LogP contribution is 2.14. The quantitative estimate of drug-likeness (QED) is 0.518. The topological polar surface area (TPSA) is 32.3 Å². The normalized spacial score (nSPS) is 10.8. The molecule has 0 amide bonds. The monoisotopic (exact) mass is 183 g/mol. The van der Waals surface area contributed by atoms with Crippen molar-refractivity contribution >= 4 is 20.6 Å². The van der Waals surface area contributed by atoms with Gasteiger partial charge in [-0.1, -0.05) is 20.8 Å². The summed E-state index contributed by atoms with van der Waals surface area (Å²) in [5.41, 5.74) is 0. The SMILES string of the molecule is CC[Si](CC)(CC)NO.Cl. The Morgan fingerprint density at radius 3 is 1.40 bits per heavy atom. The molecule has 0 saturated heterocycles. The van der Waals surface area contributed by atoms with Crippen molar-refractivity contribution in [1.29, 1.82) is 0 Å². The number of nitrogens with one attached hydrogen (secondary N) is 1. The van der Waals surface area contributed by atoms with Crippen molar-refractivity contribution in [3.8, 4) is 0 Å². The summed E-state index contributed by atoms with van der Waals surface area (Å²) in [6.45, 7) is 6.42. The third-order valence-electron chi connectivity index (χ3n) is 2.27. The first-order valence-corrected chi connectivity index (χ1v) is 6.28. The van der Waals surface area contributed by atoms with Crippen molar-refractivity contribution in [1.82, 2.24) is 5.15 Å². The Morgan fingerprint density at radius 2 is 1.40 bits per heavy atom. The highest BCUT2D eigenvalue weighted by atomic mass is 35.5. The molecule has 0 rings (SSSR count). The maximum absolute atomic E-state index is 8.79. The lowest BCUT2D eigenvalue weighted by Gasteiger charge is -2.24. The molecule has 0 aromatic carbocycles. The van der Waals surface area contributed by atoms with E-state index in [4.69, 9.17) is 5.21 Å². The molecule has 0 spiro atoms. The molecule has 0 atom stereocenters. The van der Waals surface area contributed by atoms with Crippen LogP contribution in [-0.4, -0.2) is 13.4 Å². The van der Waals surface area contributed by atoms with Gasteiger partial charge in [-0.15, -0.1) is 12.4 Å². The van der Waals surface area contributed by atoms with E-state index in [-0.39, 0.29) is 12.4 Å². The third kappa shape index (κ3) is 3.01. The molecule has 0 aliphatic rings. The molecule has 0 heterocycles. The Labute approximate surface area is 70.5 Å². The van der Waals surface area contributed by atoms with Crippen LogP contribution >= 0.6 is 12.4 Å². The van der Waals surface area contributed by atoms with Crippen LogP contribution < -0.4 is 5.15 Å². The van der Waals surface area contributed by atoms with Crippen LogP contribution in [0.5, 0.6) is 0 Å². The zero-order chi connectivity index (χ0) is 7.33. The second-order valence-electron chi connectivity index (χ2n) is 2.45. The Hall–Kier alpha value is 0.427. The summed E-state index contributed by atoms with van der Waals surface area (Å²) >= 11 is 0. The van der Waals surface area contributed by atoms with E-state index in [1.807, 2.05) is 0 Å². The van der Waals surface area contributed by atoms with Gasteiger partial charge >= 0.3 is 0 Å². The van der Waals surface area contributed by atoms with Gasteiger partial charge in [-0.3, -0.25) is 0 Å². The van der Waals surface area contributed by atoms with E-state index in [1.165, 1.54) is 0 Å². The van der Waals surface area contributed by atoms with E-state index in [1.54, 1.807) is 0 Å². The van der Waals surface area contributed by atoms with Crippen LogP contribution in [-0.2, 0) is 0 Å². The second-order valence-corrected chi connectivity index (χ2v) is 7.36. The lowest BCUT2D eigenvalue weighted by Crippen LogP contribution is -2.46. The molecule has 0 fully saturated rings. The summed E-state index contributed by atoms with van der Waals surface area (Å²) in [6.07, 6.45) is 0. The summed E-state index contributed by atoms with van der Waals surface area (Å²) in [6, 6.07) is 3.36. The van der Waals surface area contributed by atoms with Gasteiger partial charge in [-0.25, -0.2) is 5.15 Å². The summed E-state index contributed by atoms with van der Waals surface area (Å²) in [5, 5.41) is 11.3. The molecule has 2 nitrogen and oxygen atoms in total. The Morgan fingerprint density at radius 1 is 1.10 bits per heavy atom. The van der Waals surface area contributed by atoms with Crippen LogP contribution in [0, 0.1) is 0 Å². The summed E-state index contributed by atoms with van der Waals surface area (Å²) in [7, 11) is -1.39. The minimum Gasteiger partial charge on any atom is -0.324 e. The van der Waals surface area contributed by atoms with E-state index in [0.717, 1.165) is 18.1 Å². The first-order chi connectivity index (χ1) is 4.24. The van der Waals surface area contributed by atoms with Gasteiger partial charge in [0.05, 0.1) is 0 Å². The van der Waals surface area contributed by atoms with Crippen molar-refractivity contribution in [2.24, 2.45) is 0 Å². The Kier molecular flexibility index (Phi) is 8.03. The lowest BCUT2D eigenvalue weighted by atomic mass is 10.9. The van der Waals surface area contributed by atoms with Crippen LogP contribution in [0.2, 0.25) is 18.1 Å². The van der Waals surface area contributed by atoms with Crippen LogP contribution in [0.1, 0.15) is 20.8 Å². The van der Waals surface area contributed by atoms with Crippen molar-refractivity contribution in [2.45, 2.75) is 38.9 Å². The van der Waals surface area contributed by atoms with Crippen LogP contribution in [0.25, 0.3) is 0 Å². The molecular weight excluding hydrogens is 166 g/mol. The van der Waals surface area contributed by atoms with Gasteiger partial charge in [0.2, 0.25) is 0 Å². The summed E-state index contributed by atoms with van der Waals surface area (Å²) in [4.78, 5) is 0. The van der Waals surface area contributed by atoms with Crippen LogP contribution in [0.3, 0.4) is 0 Å². The van der Waals surface area contributed by atoms with Gasteiger partial charge in [-0.05, 0) is 18.1 Å². The molecule has 0 aliphatic heterocycles. The second kappa shape index (κ2) is 6.16. The maximum Gasteiger partial charge on any atom is 0.155 e. The van der Waals surface area contributed by atoms with Gasteiger partial charge in [0.25, 0.3) is 0 Å². The standard InChI is InChI=1S/C6H17NOSi.ClH/c1-4-9(5-2,6-3)7-8;/h7-8H,4-6H2,1-3H3;1H. The average Bonchev–Trinajstić information content (AvgIpc) is 1.95. The molecule has 0 radical (unpaired) electrons. The van der Waals surface area contributed by atoms with E-state index in [2.05, 4.69) is 25.9 Å².